The van der Waals surface area contributed by atoms with Crippen LogP contribution in [0.4, 0.5) is 11.4 Å². The van der Waals surface area contributed by atoms with Gasteiger partial charge in [0.05, 0.1) is 40.9 Å². The number of benzene rings is 3. The predicted octanol–water partition coefficient (Wildman–Crippen LogP) is 4.68. The number of hydrogen-bond donors (Lipinski definition) is 2. The number of nitrogens with one attached hydrogen (secondary N) is 2. The highest BCUT2D eigenvalue weighted by Crippen LogP contribution is 2.30. The molecule has 3 aromatic carbocycles. The van der Waals surface area contributed by atoms with Crippen LogP contribution in [0.3, 0.4) is 0 Å². The van der Waals surface area contributed by atoms with Gasteiger partial charge in [0.2, 0.25) is 15.7 Å². The Morgan fingerprint density at radius 2 is 1.58 bits per heavy atom. The largest absolute Gasteiger partial charge is 0.494 e. The van der Waals surface area contributed by atoms with Crippen molar-refractivity contribution in [1.29, 1.82) is 0 Å². The third-order valence-corrected chi connectivity index (χ3v) is 6.58. The molecule has 0 radical (unpaired) electrons. The zero-order valence-electron chi connectivity index (χ0n) is 18.9. The molecule has 0 unspecified atom stereocenters. The molecule has 0 heterocycles. The van der Waals surface area contributed by atoms with E-state index in [1.165, 1.54) is 12.1 Å². The fraction of sp³-hybridized carbons (Fsp3) is 0.240. The molecule has 0 aliphatic heterocycles. The number of rotatable bonds is 10. The zero-order valence-corrected chi connectivity index (χ0v) is 19.7. The van der Waals surface area contributed by atoms with Gasteiger partial charge in [0.1, 0.15) is 11.5 Å². The van der Waals surface area contributed by atoms with Gasteiger partial charge in [0.25, 0.3) is 0 Å². The lowest BCUT2D eigenvalue weighted by molar-refractivity contribution is -0.114. The smallest absolute Gasteiger partial charge is 0.243 e. The first-order valence-corrected chi connectivity index (χ1v) is 12.2. The maximum atomic E-state index is 13.3. The molecular weight excluding hydrogens is 440 g/mol. The van der Waals surface area contributed by atoms with E-state index in [-0.39, 0.29) is 22.2 Å². The summed E-state index contributed by atoms with van der Waals surface area (Å²) in [5.41, 5.74) is 1.69. The van der Waals surface area contributed by atoms with E-state index < -0.39 is 9.84 Å². The molecule has 3 aromatic rings. The van der Waals surface area contributed by atoms with Crippen molar-refractivity contribution in [2.24, 2.45) is 0 Å². The van der Waals surface area contributed by atoms with E-state index in [1.54, 1.807) is 48.5 Å². The molecule has 0 fully saturated rings. The average molecular weight is 469 g/mol. The maximum absolute atomic E-state index is 13.3. The first-order chi connectivity index (χ1) is 15.8. The SMILES string of the molecule is CCOc1ccc(S(=O)(=O)c2cc(C)ccc2NCC(=O)Nc2ccccc2OCC)cc1. The average Bonchev–Trinajstić information content (AvgIpc) is 2.80. The van der Waals surface area contributed by atoms with Crippen molar-refractivity contribution in [2.75, 3.05) is 30.4 Å². The van der Waals surface area contributed by atoms with Crippen molar-refractivity contribution in [3.05, 3.63) is 72.3 Å². The Morgan fingerprint density at radius 3 is 2.27 bits per heavy atom. The minimum Gasteiger partial charge on any atom is -0.494 e. The van der Waals surface area contributed by atoms with Crippen LogP contribution in [0.25, 0.3) is 0 Å². The van der Waals surface area contributed by atoms with Crippen molar-refractivity contribution in [3.8, 4) is 11.5 Å². The van der Waals surface area contributed by atoms with Crippen LogP contribution < -0.4 is 20.1 Å². The van der Waals surface area contributed by atoms with Crippen LogP contribution in [0.1, 0.15) is 19.4 Å². The third-order valence-electron chi connectivity index (χ3n) is 4.77. The quantitative estimate of drug-likeness (QED) is 0.449. The molecule has 0 aliphatic carbocycles. The number of hydrogen-bond acceptors (Lipinski definition) is 6. The van der Waals surface area contributed by atoms with Gasteiger partial charge in [-0.25, -0.2) is 8.42 Å². The molecule has 8 heteroatoms. The fourth-order valence-electron chi connectivity index (χ4n) is 3.23. The Hall–Kier alpha value is -3.52. The van der Waals surface area contributed by atoms with Gasteiger partial charge in [-0.05, 0) is 74.9 Å². The number of carbonyl (C=O) groups excluding carboxylic acids is 1. The molecule has 0 atom stereocenters. The topological polar surface area (TPSA) is 93.7 Å². The Morgan fingerprint density at radius 1 is 0.879 bits per heavy atom. The summed E-state index contributed by atoms with van der Waals surface area (Å²) in [4.78, 5) is 12.8. The first-order valence-electron chi connectivity index (χ1n) is 10.7. The van der Waals surface area contributed by atoms with Crippen LogP contribution >= 0.6 is 0 Å². The van der Waals surface area contributed by atoms with Crippen LogP contribution in [-0.2, 0) is 14.6 Å². The van der Waals surface area contributed by atoms with Gasteiger partial charge in [-0.2, -0.15) is 0 Å². The Balaban J connectivity index is 1.79. The molecule has 0 saturated heterocycles. The highest BCUT2D eigenvalue weighted by Gasteiger charge is 2.22. The summed E-state index contributed by atoms with van der Waals surface area (Å²) in [5.74, 6) is 0.845. The molecule has 0 spiro atoms. The molecule has 0 saturated carbocycles. The summed E-state index contributed by atoms with van der Waals surface area (Å²) >= 11 is 0. The monoisotopic (exact) mass is 468 g/mol. The Kier molecular flexibility index (Phi) is 7.95. The molecular formula is C25H28N2O5S. The summed E-state index contributed by atoms with van der Waals surface area (Å²) in [7, 11) is -3.81. The summed E-state index contributed by atoms with van der Waals surface area (Å²) < 4.78 is 37.6. The molecule has 0 aliphatic rings. The van der Waals surface area contributed by atoms with Crippen molar-refractivity contribution in [3.63, 3.8) is 0 Å². The van der Waals surface area contributed by atoms with E-state index in [0.717, 1.165) is 5.56 Å². The molecule has 174 valence electrons. The van der Waals surface area contributed by atoms with Crippen LogP contribution in [-0.4, -0.2) is 34.1 Å². The lowest BCUT2D eigenvalue weighted by Crippen LogP contribution is -2.23. The van der Waals surface area contributed by atoms with E-state index in [9.17, 15) is 13.2 Å². The van der Waals surface area contributed by atoms with E-state index >= 15 is 0 Å². The molecule has 3 rings (SSSR count). The standard InChI is InChI=1S/C25H28N2O5S/c1-4-31-19-11-13-20(14-12-19)33(29,30)24-16-18(3)10-15-22(24)26-17-25(28)27-21-8-6-7-9-23(21)32-5-2/h6-16,26H,4-5,17H2,1-3H3,(H,27,28). The van der Waals surface area contributed by atoms with Gasteiger partial charge in [0.15, 0.2) is 0 Å². The van der Waals surface area contributed by atoms with Crippen molar-refractivity contribution >= 4 is 27.1 Å². The van der Waals surface area contributed by atoms with Crippen LogP contribution in [0.5, 0.6) is 11.5 Å². The number of aryl methyl sites for hydroxylation is 1. The van der Waals surface area contributed by atoms with Crippen molar-refractivity contribution < 1.29 is 22.7 Å². The molecule has 2 N–H and O–H groups in total. The maximum Gasteiger partial charge on any atom is 0.243 e. The number of anilines is 2. The molecule has 1 amide bonds. The second kappa shape index (κ2) is 10.9. The third kappa shape index (κ3) is 6.04. The highest BCUT2D eigenvalue weighted by molar-refractivity contribution is 7.91. The number of para-hydroxylation sites is 2. The fourth-order valence-corrected chi connectivity index (χ4v) is 4.75. The predicted molar refractivity (Wildman–Crippen MR) is 129 cm³/mol. The van der Waals surface area contributed by atoms with Crippen LogP contribution in [0.2, 0.25) is 0 Å². The summed E-state index contributed by atoms with van der Waals surface area (Å²) in [5, 5.41) is 5.76. The minimum atomic E-state index is -3.81. The molecule has 0 aromatic heterocycles. The van der Waals surface area contributed by atoms with E-state index in [0.29, 0.717) is 36.1 Å². The van der Waals surface area contributed by atoms with Crippen molar-refractivity contribution in [1.82, 2.24) is 0 Å². The number of ether oxygens (including phenoxy) is 2. The lowest BCUT2D eigenvalue weighted by Gasteiger charge is -2.15. The van der Waals surface area contributed by atoms with Gasteiger partial charge in [-0.1, -0.05) is 18.2 Å². The van der Waals surface area contributed by atoms with E-state index in [1.807, 2.05) is 26.8 Å². The zero-order chi connectivity index (χ0) is 23.8. The number of amides is 1. The van der Waals surface area contributed by atoms with Gasteiger partial charge >= 0.3 is 0 Å². The summed E-state index contributed by atoms with van der Waals surface area (Å²) in [6, 6.07) is 18.5. The minimum absolute atomic E-state index is 0.106. The molecule has 33 heavy (non-hydrogen) atoms. The Bertz CT molecular complexity index is 1210. The summed E-state index contributed by atoms with van der Waals surface area (Å²) in [6.07, 6.45) is 0. The Labute approximate surface area is 194 Å². The molecule has 7 nitrogen and oxygen atoms in total. The van der Waals surface area contributed by atoms with Crippen LogP contribution in [0.15, 0.2) is 76.5 Å². The lowest BCUT2D eigenvalue weighted by atomic mass is 10.2. The number of sulfone groups is 1. The van der Waals surface area contributed by atoms with Gasteiger partial charge in [-0.15, -0.1) is 0 Å². The van der Waals surface area contributed by atoms with Gasteiger partial charge < -0.3 is 20.1 Å². The van der Waals surface area contributed by atoms with E-state index in [4.69, 9.17) is 9.47 Å². The second-order valence-corrected chi connectivity index (χ2v) is 9.16. The van der Waals surface area contributed by atoms with E-state index in [2.05, 4.69) is 10.6 Å². The van der Waals surface area contributed by atoms with Crippen molar-refractivity contribution in [2.45, 2.75) is 30.6 Å². The summed E-state index contributed by atoms with van der Waals surface area (Å²) in [6.45, 7) is 6.40. The molecule has 0 bridgehead atoms. The highest BCUT2D eigenvalue weighted by atomic mass is 32.2. The second-order valence-electron chi connectivity index (χ2n) is 7.24. The van der Waals surface area contributed by atoms with Crippen LogP contribution in [0, 0.1) is 6.92 Å². The normalized spacial score (nSPS) is 11.0. The van der Waals surface area contributed by atoms with Gasteiger partial charge in [0, 0.05) is 0 Å². The van der Waals surface area contributed by atoms with Gasteiger partial charge in [-0.3, -0.25) is 4.79 Å². The number of carbonyl (C=O) groups is 1. The first kappa shape index (κ1) is 24.1.